The van der Waals surface area contributed by atoms with E-state index >= 15 is 0 Å². The Morgan fingerprint density at radius 3 is 3.17 bits per heavy atom. The molecule has 2 heteroatoms. The van der Waals surface area contributed by atoms with Gasteiger partial charge >= 0.3 is 0 Å². The van der Waals surface area contributed by atoms with E-state index in [0.717, 1.165) is 12.1 Å². The molecule has 0 aromatic carbocycles. The predicted octanol–water partition coefficient (Wildman–Crippen LogP) is 2.29. The molecule has 0 spiro atoms. The molecule has 0 aliphatic heterocycles. The van der Waals surface area contributed by atoms with Gasteiger partial charge in [-0.1, -0.05) is 19.4 Å². The molecule has 2 rings (SSSR count). The Hall–Kier alpha value is -1.31. The van der Waals surface area contributed by atoms with Crippen molar-refractivity contribution < 1.29 is 0 Å². The van der Waals surface area contributed by atoms with E-state index in [-0.39, 0.29) is 0 Å². The molecule has 0 unspecified atom stereocenters. The number of hydrogen-bond donors (Lipinski definition) is 0. The Kier molecular flexibility index (Phi) is 1.82. The summed E-state index contributed by atoms with van der Waals surface area (Å²) < 4.78 is 2.14. The molecule has 12 heavy (non-hydrogen) atoms. The predicted molar refractivity (Wildman–Crippen MR) is 49.2 cm³/mol. The van der Waals surface area contributed by atoms with Crippen molar-refractivity contribution in [2.75, 3.05) is 0 Å². The van der Waals surface area contributed by atoms with Crippen molar-refractivity contribution in [2.45, 2.75) is 19.8 Å². The van der Waals surface area contributed by atoms with E-state index in [1.165, 1.54) is 12.1 Å². The fourth-order valence-electron chi connectivity index (χ4n) is 1.47. The van der Waals surface area contributed by atoms with Crippen LogP contribution in [-0.2, 0) is 6.42 Å². The van der Waals surface area contributed by atoms with Crippen LogP contribution in [-0.4, -0.2) is 9.38 Å². The Balaban J connectivity index is 2.57. The number of aromatic nitrogens is 2. The van der Waals surface area contributed by atoms with Gasteiger partial charge in [0.15, 0.2) is 0 Å². The minimum absolute atomic E-state index is 1.04. The van der Waals surface area contributed by atoms with Crippen LogP contribution in [0.5, 0.6) is 0 Å². The summed E-state index contributed by atoms with van der Waals surface area (Å²) in [5.41, 5.74) is 2.38. The van der Waals surface area contributed by atoms with Crippen molar-refractivity contribution >= 4 is 5.65 Å². The third kappa shape index (κ3) is 1.09. The highest BCUT2D eigenvalue weighted by molar-refractivity contribution is 5.39. The molecule has 2 heterocycles. The number of hydrogen-bond acceptors (Lipinski definition) is 1. The van der Waals surface area contributed by atoms with E-state index in [4.69, 9.17) is 0 Å². The first kappa shape index (κ1) is 7.35. The van der Waals surface area contributed by atoms with Gasteiger partial charge in [-0.15, -0.1) is 0 Å². The lowest BCUT2D eigenvalue weighted by Crippen LogP contribution is -1.94. The fourth-order valence-corrected chi connectivity index (χ4v) is 1.47. The molecule has 2 nitrogen and oxygen atoms in total. The lowest BCUT2D eigenvalue weighted by molar-refractivity contribution is 0.860. The minimum Gasteiger partial charge on any atom is -0.304 e. The molecular weight excluding hydrogens is 148 g/mol. The third-order valence-electron chi connectivity index (χ3n) is 2.02. The van der Waals surface area contributed by atoms with Crippen LogP contribution < -0.4 is 0 Å². The second kappa shape index (κ2) is 2.97. The summed E-state index contributed by atoms with van der Waals surface area (Å²) in [4.78, 5) is 4.22. The van der Waals surface area contributed by atoms with Crippen molar-refractivity contribution in [2.24, 2.45) is 0 Å². The first-order chi connectivity index (χ1) is 5.92. The van der Waals surface area contributed by atoms with Crippen LogP contribution in [0, 0.1) is 0 Å². The maximum absolute atomic E-state index is 4.22. The number of imidazole rings is 1. The van der Waals surface area contributed by atoms with Crippen LogP contribution in [0.2, 0.25) is 0 Å². The smallest absolute Gasteiger partial charge is 0.136 e. The molecule has 0 atom stereocenters. The summed E-state index contributed by atoms with van der Waals surface area (Å²) in [5.74, 6) is 0. The normalized spacial score (nSPS) is 10.8. The van der Waals surface area contributed by atoms with Crippen molar-refractivity contribution in [3.05, 3.63) is 36.3 Å². The van der Waals surface area contributed by atoms with Crippen LogP contribution in [0.4, 0.5) is 0 Å². The highest BCUT2D eigenvalue weighted by Gasteiger charge is 1.97. The molecule has 0 amide bonds. The van der Waals surface area contributed by atoms with Gasteiger partial charge < -0.3 is 4.40 Å². The lowest BCUT2D eigenvalue weighted by Gasteiger charge is -2.01. The summed E-state index contributed by atoms with van der Waals surface area (Å²) in [6.45, 7) is 2.19. The minimum atomic E-state index is 1.04. The van der Waals surface area contributed by atoms with E-state index in [2.05, 4.69) is 28.4 Å². The summed E-state index contributed by atoms with van der Waals surface area (Å²) in [7, 11) is 0. The third-order valence-corrected chi connectivity index (χ3v) is 2.02. The maximum Gasteiger partial charge on any atom is 0.136 e. The Morgan fingerprint density at radius 1 is 1.42 bits per heavy atom. The zero-order valence-electron chi connectivity index (χ0n) is 7.20. The standard InChI is InChI=1S/C10H12N2/c1-2-4-9-5-3-6-10-11-7-8-12(9)10/h3,5-8H,2,4H2,1H3. The van der Waals surface area contributed by atoms with Crippen LogP contribution in [0.1, 0.15) is 19.0 Å². The van der Waals surface area contributed by atoms with Crippen molar-refractivity contribution in [3.8, 4) is 0 Å². The van der Waals surface area contributed by atoms with Gasteiger partial charge in [-0.2, -0.15) is 0 Å². The molecule has 0 N–H and O–H groups in total. The second-order valence-electron chi connectivity index (χ2n) is 2.92. The highest BCUT2D eigenvalue weighted by Crippen LogP contribution is 2.07. The molecule has 0 bridgehead atoms. The average Bonchev–Trinajstić information content (AvgIpc) is 2.53. The van der Waals surface area contributed by atoms with E-state index in [1.54, 1.807) is 0 Å². The summed E-state index contributed by atoms with van der Waals surface area (Å²) in [6.07, 6.45) is 6.15. The number of pyridine rings is 1. The molecule has 0 saturated carbocycles. The summed E-state index contributed by atoms with van der Waals surface area (Å²) in [5, 5.41) is 0. The molecule has 0 aliphatic carbocycles. The van der Waals surface area contributed by atoms with E-state index in [0.29, 0.717) is 0 Å². The van der Waals surface area contributed by atoms with Crippen LogP contribution in [0.25, 0.3) is 5.65 Å². The van der Waals surface area contributed by atoms with Gasteiger partial charge in [0, 0.05) is 18.1 Å². The molecule has 0 aliphatic rings. The van der Waals surface area contributed by atoms with Crippen LogP contribution in [0.3, 0.4) is 0 Å². The second-order valence-corrected chi connectivity index (χ2v) is 2.92. The van der Waals surface area contributed by atoms with Crippen LogP contribution >= 0.6 is 0 Å². The van der Waals surface area contributed by atoms with Gasteiger partial charge in [-0.05, 0) is 18.6 Å². The van der Waals surface area contributed by atoms with Gasteiger partial charge in [-0.25, -0.2) is 4.98 Å². The summed E-state index contributed by atoms with van der Waals surface area (Å²) in [6, 6.07) is 6.24. The number of rotatable bonds is 2. The molecule has 2 aromatic rings. The van der Waals surface area contributed by atoms with Gasteiger partial charge in [0.2, 0.25) is 0 Å². The number of nitrogens with zero attached hydrogens (tertiary/aromatic N) is 2. The monoisotopic (exact) mass is 160 g/mol. The van der Waals surface area contributed by atoms with Gasteiger partial charge in [0.1, 0.15) is 5.65 Å². The first-order valence-electron chi connectivity index (χ1n) is 4.33. The molecule has 2 aromatic heterocycles. The molecule has 0 fully saturated rings. The lowest BCUT2D eigenvalue weighted by atomic mass is 10.2. The Morgan fingerprint density at radius 2 is 2.33 bits per heavy atom. The summed E-state index contributed by atoms with van der Waals surface area (Å²) >= 11 is 0. The topological polar surface area (TPSA) is 17.3 Å². The van der Waals surface area contributed by atoms with Crippen molar-refractivity contribution in [1.82, 2.24) is 9.38 Å². The quantitative estimate of drug-likeness (QED) is 0.658. The molecule has 0 saturated heterocycles. The molecule has 62 valence electrons. The SMILES string of the molecule is CCCc1cccc2nccn12. The van der Waals surface area contributed by atoms with Gasteiger partial charge in [0.05, 0.1) is 0 Å². The zero-order valence-corrected chi connectivity index (χ0v) is 7.20. The Bertz CT molecular complexity index is 376. The fraction of sp³-hybridized carbons (Fsp3) is 0.300. The highest BCUT2D eigenvalue weighted by atomic mass is 15.0. The van der Waals surface area contributed by atoms with Gasteiger partial charge in [-0.3, -0.25) is 0 Å². The maximum atomic E-state index is 4.22. The average molecular weight is 160 g/mol. The van der Waals surface area contributed by atoms with Crippen molar-refractivity contribution in [1.29, 1.82) is 0 Å². The number of fused-ring (bicyclic) bond motifs is 1. The number of aryl methyl sites for hydroxylation is 1. The Labute approximate surface area is 71.9 Å². The largest absolute Gasteiger partial charge is 0.304 e. The first-order valence-corrected chi connectivity index (χ1v) is 4.33. The molecular formula is C10H12N2. The van der Waals surface area contributed by atoms with Crippen molar-refractivity contribution in [3.63, 3.8) is 0 Å². The van der Waals surface area contributed by atoms with Crippen LogP contribution in [0.15, 0.2) is 30.6 Å². The zero-order chi connectivity index (χ0) is 8.39. The van der Waals surface area contributed by atoms with E-state index in [9.17, 15) is 0 Å². The van der Waals surface area contributed by atoms with E-state index in [1.807, 2.05) is 18.5 Å². The van der Waals surface area contributed by atoms with Gasteiger partial charge in [0.25, 0.3) is 0 Å². The van der Waals surface area contributed by atoms with E-state index < -0.39 is 0 Å². The molecule has 0 radical (unpaired) electrons.